The van der Waals surface area contributed by atoms with Crippen molar-refractivity contribution in [2.75, 3.05) is 19.0 Å². The molecule has 0 aliphatic carbocycles. The number of thioether (sulfide) groups is 1. The molecule has 2 aromatic carbocycles. The number of aliphatic hydroxyl groups is 1. The molecule has 4 rings (SSSR count). The highest BCUT2D eigenvalue weighted by molar-refractivity contribution is 7.99. The maximum atomic E-state index is 12.9. The Morgan fingerprint density at radius 3 is 1.87 bits per heavy atom. The Hall–Kier alpha value is -1.75. The lowest BCUT2D eigenvalue weighted by Crippen LogP contribution is -2.47. The van der Waals surface area contributed by atoms with Crippen molar-refractivity contribution in [3.8, 4) is 0 Å². The zero-order valence-electron chi connectivity index (χ0n) is 15.4. The van der Waals surface area contributed by atoms with E-state index in [9.17, 15) is 31.4 Å². The molecule has 3 atom stereocenters. The third-order valence-corrected chi connectivity index (χ3v) is 6.93. The Kier molecular flexibility index (Phi) is 5.32. The number of rotatable bonds is 3. The van der Waals surface area contributed by atoms with Gasteiger partial charge in [-0.2, -0.15) is 26.3 Å². The molecule has 0 unspecified atom stereocenters. The van der Waals surface area contributed by atoms with Gasteiger partial charge >= 0.3 is 12.4 Å². The van der Waals surface area contributed by atoms with Crippen LogP contribution in [-0.4, -0.2) is 34.5 Å². The van der Waals surface area contributed by atoms with Crippen LogP contribution in [0.25, 0.3) is 0 Å². The quantitative estimate of drug-likeness (QED) is 0.651. The van der Waals surface area contributed by atoms with Gasteiger partial charge in [-0.05, 0) is 35.4 Å². The number of nitrogens with zero attached hydrogens (tertiary/aromatic N) is 1. The van der Waals surface area contributed by atoms with Crippen molar-refractivity contribution >= 4 is 11.8 Å². The SMILES string of the molecule is OC[C@@]12CO[C@H](c3ccc(C(F)(F)F)cc3)N1[C@@H](c1ccc(C(F)(F)F)cc1)SC2. The molecule has 2 aromatic rings. The number of fused-ring (bicyclic) bond motifs is 1. The summed E-state index contributed by atoms with van der Waals surface area (Å²) in [6.07, 6.45) is -9.63. The summed E-state index contributed by atoms with van der Waals surface area (Å²) in [6.45, 7) is -0.0758. The van der Waals surface area contributed by atoms with Gasteiger partial charge in [0.15, 0.2) is 0 Å². The molecule has 10 heteroatoms. The molecule has 0 amide bonds. The summed E-state index contributed by atoms with van der Waals surface area (Å²) in [7, 11) is 0. The first-order chi connectivity index (χ1) is 14.0. The van der Waals surface area contributed by atoms with Crippen LogP contribution in [0.5, 0.6) is 0 Å². The Bertz CT molecular complexity index is 828. The third-order valence-electron chi connectivity index (χ3n) is 5.41. The monoisotopic (exact) mass is 449 g/mol. The highest BCUT2D eigenvalue weighted by Gasteiger charge is 2.56. The maximum absolute atomic E-state index is 12.9. The standard InChI is InChI=1S/C20H17F6NO2S/c21-19(22,23)14-5-1-12(2-6-14)16-27-17(30-11-18(27,9-28)10-29-16)13-3-7-15(8-4-13)20(24,25)26/h1-8,16-17,28H,9-11H2/t16-,17-,18+/m1/s1. The van der Waals surface area contributed by atoms with E-state index in [2.05, 4.69) is 0 Å². The summed E-state index contributed by atoms with van der Waals surface area (Å²) in [5.41, 5.74) is -1.22. The molecule has 3 nitrogen and oxygen atoms in total. The van der Waals surface area contributed by atoms with E-state index in [4.69, 9.17) is 4.74 Å². The molecule has 0 spiro atoms. The van der Waals surface area contributed by atoms with Gasteiger partial charge in [-0.3, -0.25) is 0 Å². The zero-order chi connectivity index (χ0) is 21.7. The second-order valence-corrected chi connectivity index (χ2v) is 8.42. The van der Waals surface area contributed by atoms with Crippen LogP contribution >= 0.6 is 11.8 Å². The van der Waals surface area contributed by atoms with Crippen LogP contribution in [0.3, 0.4) is 0 Å². The van der Waals surface area contributed by atoms with E-state index in [1.165, 1.54) is 36.0 Å². The minimum atomic E-state index is -4.46. The topological polar surface area (TPSA) is 32.7 Å². The molecule has 1 N–H and O–H groups in total. The fraction of sp³-hybridized carbons (Fsp3) is 0.400. The fourth-order valence-corrected chi connectivity index (χ4v) is 5.44. The molecular weight excluding hydrogens is 432 g/mol. The molecule has 30 heavy (non-hydrogen) atoms. The predicted molar refractivity (Wildman–Crippen MR) is 98.4 cm³/mol. The van der Waals surface area contributed by atoms with Crippen molar-refractivity contribution in [1.29, 1.82) is 0 Å². The zero-order valence-corrected chi connectivity index (χ0v) is 16.2. The van der Waals surface area contributed by atoms with E-state index in [0.29, 0.717) is 16.9 Å². The summed E-state index contributed by atoms with van der Waals surface area (Å²) in [5.74, 6) is 0.478. The lowest BCUT2D eigenvalue weighted by molar-refractivity contribution is -0.138. The number of ether oxygens (including phenoxy) is 1. The van der Waals surface area contributed by atoms with Gasteiger partial charge in [-0.15, -0.1) is 11.8 Å². The molecular formula is C20H17F6NO2S. The van der Waals surface area contributed by atoms with Crippen LogP contribution in [0.4, 0.5) is 26.3 Å². The Morgan fingerprint density at radius 2 is 1.40 bits per heavy atom. The van der Waals surface area contributed by atoms with Crippen molar-refractivity contribution in [3.63, 3.8) is 0 Å². The molecule has 2 saturated heterocycles. The average Bonchev–Trinajstić information content (AvgIpc) is 3.24. The van der Waals surface area contributed by atoms with Crippen LogP contribution in [0.1, 0.15) is 33.9 Å². The average molecular weight is 449 g/mol. The lowest BCUT2D eigenvalue weighted by atomic mass is 10.0. The number of hydrogen-bond donors (Lipinski definition) is 1. The molecule has 0 aromatic heterocycles. The molecule has 0 bridgehead atoms. The normalized spacial score (nSPS) is 27.4. The second-order valence-electron chi connectivity index (χ2n) is 7.36. The number of halogens is 6. The maximum Gasteiger partial charge on any atom is 0.416 e. The predicted octanol–water partition coefficient (Wildman–Crippen LogP) is 5.23. The van der Waals surface area contributed by atoms with Gasteiger partial charge in [0, 0.05) is 5.75 Å². The van der Waals surface area contributed by atoms with Crippen LogP contribution in [0.15, 0.2) is 48.5 Å². The van der Waals surface area contributed by atoms with Crippen molar-refractivity contribution in [3.05, 3.63) is 70.8 Å². The van der Waals surface area contributed by atoms with Crippen LogP contribution in [0.2, 0.25) is 0 Å². The minimum absolute atomic E-state index is 0.166. The second kappa shape index (κ2) is 7.44. The Balaban J connectivity index is 1.66. The lowest BCUT2D eigenvalue weighted by Gasteiger charge is -2.34. The first kappa shape index (κ1) is 21.5. The molecule has 2 heterocycles. The van der Waals surface area contributed by atoms with E-state index in [1.54, 1.807) is 0 Å². The van der Waals surface area contributed by atoms with Crippen molar-refractivity contribution in [2.45, 2.75) is 29.5 Å². The number of aliphatic hydroxyl groups excluding tert-OH is 1. The summed E-state index contributed by atoms with van der Waals surface area (Å²) in [4.78, 5) is 1.85. The van der Waals surface area contributed by atoms with Crippen molar-refractivity contribution in [1.82, 2.24) is 4.90 Å². The first-order valence-corrected chi connectivity index (χ1v) is 10.1. The third kappa shape index (κ3) is 3.70. The highest BCUT2D eigenvalue weighted by Crippen LogP contribution is 2.55. The van der Waals surface area contributed by atoms with Crippen molar-refractivity contribution < 1.29 is 36.2 Å². The van der Waals surface area contributed by atoms with Crippen LogP contribution < -0.4 is 0 Å². The molecule has 2 fully saturated rings. The largest absolute Gasteiger partial charge is 0.416 e. The number of benzene rings is 2. The summed E-state index contributed by atoms with van der Waals surface area (Å²) in [6, 6.07) is 9.35. The van der Waals surface area contributed by atoms with E-state index in [0.717, 1.165) is 24.3 Å². The van der Waals surface area contributed by atoms with E-state index < -0.39 is 40.6 Å². The van der Waals surface area contributed by atoms with Crippen LogP contribution in [-0.2, 0) is 17.1 Å². The van der Waals surface area contributed by atoms with Gasteiger partial charge in [0.2, 0.25) is 0 Å². The number of alkyl halides is 6. The molecule has 0 radical (unpaired) electrons. The van der Waals surface area contributed by atoms with Crippen LogP contribution in [0, 0.1) is 0 Å². The molecule has 162 valence electrons. The smallest absolute Gasteiger partial charge is 0.394 e. The van der Waals surface area contributed by atoms with Gasteiger partial charge < -0.3 is 9.84 Å². The van der Waals surface area contributed by atoms with Gasteiger partial charge in [-0.1, -0.05) is 24.3 Å². The van der Waals surface area contributed by atoms with E-state index in [-0.39, 0.29) is 13.2 Å². The Labute approximate surface area is 172 Å². The fourth-order valence-electron chi connectivity index (χ4n) is 3.80. The van der Waals surface area contributed by atoms with Crippen molar-refractivity contribution in [2.24, 2.45) is 0 Å². The van der Waals surface area contributed by atoms with Gasteiger partial charge in [0.1, 0.15) is 6.23 Å². The van der Waals surface area contributed by atoms with Gasteiger partial charge in [0.25, 0.3) is 0 Å². The highest BCUT2D eigenvalue weighted by atomic mass is 32.2. The summed E-state index contributed by atoms with van der Waals surface area (Å²) < 4.78 is 83.1. The summed E-state index contributed by atoms with van der Waals surface area (Å²) in [5, 5.41) is 9.62. The first-order valence-electron chi connectivity index (χ1n) is 9.02. The van der Waals surface area contributed by atoms with E-state index in [1.807, 2.05) is 4.90 Å². The Morgan fingerprint density at radius 1 is 0.900 bits per heavy atom. The minimum Gasteiger partial charge on any atom is -0.394 e. The molecule has 0 saturated carbocycles. The molecule has 2 aliphatic rings. The summed E-state index contributed by atoms with van der Waals surface area (Å²) >= 11 is 1.45. The van der Waals surface area contributed by atoms with Gasteiger partial charge in [0.05, 0.1) is 35.3 Å². The number of hydrogen-bond acceptors (Lipinski definition) is 4. The van der Waals surface area contributed by atoms with Gasteiger partial charge in [-0.25, -0.2) is 4.90 Å². The molecule has 2 aliphatic heterocycles. The van der Waals surface area contributed by atoms with E-state index >= 15 is 0 Å².